The molecule has 0 bridgehead atoms. The number of nitrogens with one attached hydrogen (secondary N) is 1. The van der Waals surface area contributed by atoms with E-state index in [0.29, 0.717) is 6.04 Å². The van der Waals surface area contributed by atoms with Crippen LogP contribution in [0.5, 0.6) is 0 Å². The molecule has 0 heterocycles. The summed E-state index contributed by atoms with van der Waals surface area (Å²) in [5.41, 5.74) is 5.67. The maximum atomic E-state index is 12.3. The van der Waals surface area contributed by atoms with Crippen molar-refractivity contribution in [1.82, 2.24) is 5.32 Å². The molecule has 3 N–H and O–H groups in total. The van der Waals surface area contributed by atoms with Crippen LogP contribution in [0.15, 0.2) is 0 Å². The third-order valence-electron chi connectivity index (χ3n) is 4.47. The number of hydrogen-bond acceptors (Lipinski definition) is 2. The van der Waals surface area contributed by atoms with Crippen LogP contribution in [0.1, 0.15) is 64.7 Å². The molecule has 2 aliphatic carbocycles. The van der Waals surface area contributed by atoms with Gasteiger partial charge in [0, 0.05) is 6.04 Å². The predicted molar refractivity (Wildman–Crippen MR) is 69.6 cm³/mol. The monoisotopic (exact) mass is 238 g/mol. The Morgan fingerprint density at radius 1 is 1.18 bits per heavy atom. The minimum Gasteiger partial charge on any atom is -0.352 e. The number of carbonyl (C=O) groups excluding carboxylic acids is 1. The average molecular weight is 238 g/mol. The lowest BCUT2D eigenvalue weighted by Crippen LogP contribution is -2.57. The van der Waals surface area contributed by atoms with E-state index >= 15 is 0 Å². The standard InChI is InChI=1S/C14H26N2O/c1-11-6-5-7-12(10-11)16-13(17)14(15)8-3-2-4-9-14/h11-12H,2-10,15H2,1H3,(H,16,17). The molecule has 0 aromatic rings. The second kappa shape index (κ2) is 5.38. The molecule has 0 aromatic carbocycles. The van der Waals surface area contributed by atoms with E-state index in [1.165, 1.54) is 19.3 Å². The summed E-state index contributed by atoms with van der Waals surface area (Å²) in [6, 6.07) is 0.369. The van der Waals surface area contributed by atoms with E-state index in [-0.39, 0.29) is 5.91 Å². The summed E-state index contributed by atoms with van der Waals surface area (Å²) in [5.74, 6) is 0.852. The van der Waals surface area contributed by atoms with Crippen LogP contribution < -0.4 is 11.1 Å². The van der Waals surface area contributed by atoms with E-state index in [1.54, 1.807) is 0 Å². The van der Waals surface area contributed by atoms with Crippen LogP contribution in [0.2, 0.25) is 0 Å². The zero-order valence-electron chi connectivity index (χ0n) is 11.0. The summed E-state index contributed by atoms with van der Waals surface area (Å²) in [6.45, 7) is 2.27. The molecular formula is C14H26N2O. The van der Waals surface area contributed by atoms with Crippen LogP contribution >= 0.6 is 0 Å². The first-order chi connectivity index (χ1) is 8.10. The van der Waals surface area contributed by atoms with Gasteiger partial charge in [-0.1, -0.05) is 39.0 Å². The summed E-state index contributed by atoms with van der Waals surface area (Å²) in [7, 11) is 0. The lowest BCUT2D eigenvalue weighted by Gasteiger charge is -2.35. The highest BCUT2D eigenvalue weighted by Crippen LogP contribution is 2.28. The van der Waals surface area contributed by atoms with Crippen molar-refractivity contribution in [2.24, 2.45) is 11.7 Å². The van der Waals surface area contributed by atoms with Gasteiger partial charge >= 0.3 is 0 Å². The van der Waals surface area contributed by atoms with Gasteiger partial charge in [-0.25, -0.2) is 0 Å². The quantitative estimate of drug-likeness (QED) is 0.776. The molecule has 2 atom stereocenters. The molecule has 1 amide bonds. The summed E-state index contributed by atoms with van der Waals surface area (Å²) in [4.78, 5) is 12.3. The van der Waals surface area contributed by atoms with E-state index in [1.807, 2.05) is 0 Å². The molecule has 17 heavy (non-hydrogen) atoms. The summed E-state index contributed by atoms with van der Waals surface area (Å²) < 4.78 is 0. The first-order valence-electron chi connectivity index (χ1n) is 7.20. The Morgan fingerprint density at radius 3 is 2.53 bits per heavy atom. The molecule has 2 aliphatic rings. The molecule has 0 saturated heterocycles. The van der Waals surface area contributed by atoms with Crippen molar-refractivity contribution in [3.63, 3.8) is 0 Å². The molecule has 98 valence electrons. The molecule has 2 rings (SSSR count). The zero-order valence-corrected chi connectivity index (χ0v) is 11.0. The fraction of sp³-hybridized carbons (Fsp3) is 0.929. The Labute approximate surface area is 105 Å². The van der Waals surface area contributed by atoms with Gasteiger partial charge in [0.2, 0.25) is 5.91 Å². The smallest absolute Gasteiger partial charge is 0.240 e. The van der Waals surface area contributed by atoms with Gasteiger partial charge in [0.05, 0.1) is 5.54 Å². The van der Waals surface area contributed by atoms with Gasteiger partial charge in [-0.3, -0.25) is 4.79 Å². The van der Waals surface area contributed by atoms with Crippen LogP contribution in [0, 0.1) is 5.92 Å². The van der Waals surface area contributed by atoms with Crippen molar-refractivity contribution in [3.8, 4) is 0 Å². The number of nitrogens with two attached hydrogens (primary N) is 1. The lowest BCUT2D eigenvalue weighted by molar-refractivity contribution is -0.128. The fourth-order valence-electron chi connectivity index (χ4n) is 3.30. The molecule has 2 fully saturated rings. The number of carbonyl (C=O) groups is 1. The first-order valence-corrected chi connectivity index (χ1v) is 7.20. The highest BCUT2D eigenvalue weighted by molar-refractivity contribution is 5.86. The largest absolute Gasteiger partial charge is 0.352 e. The minimum absolute atomic E-state index is 0.108. The van der Waals surface area contributed by atoms with Crippen LogP contribution in [-0.4, -0.2) is 17.5 Å². The van der Waals surface area contributed by atoms with E-state index in [4.69, 9.17) is 5.73 Å². The second-order valence-electron chi connectivity index (χ2n) is 6.16. The molecule has 0 radical (unpaired) electrons. The molecule has 0 spiro atoms. The van der Waals surface area contributed by atoms with Gasteiger partial charge in [-0.05, 0) is 31.6 Å². The van der Waals surface area contributed by atoms with Crippen LogP contribution in [-0.2, 0) is 4.79 Å². The topological polar surface area (TPSA) is 55.1 Å². The van der Waals surface area contributed by atoms with Crippen molar-refractivity contribution in [1.29, 1.82) is 0 Å². The second-order valence-corrected chi connectivity index (χ2v) is 6.16. The maximum absolute atomic E-state index is 12.3. The van der Waals surface area contributed by atoms with Gasteiger partial charge in [0.1, 0.15) is 0 Å². The van der Waals surface area contributed by atoms with Gasteiger partial charge in [0.15, 0.2) is 0 Å². The third-order valence-corrected chi connectivity index (χ3v) is 4.47. The van der Waals surface area contributed by atoms with Crippen LogP contribution in [0.25, 0.3) is 0 Å². The van der Waals surface area contributed by atoms with Crippen molar-refractivity contribution in [2.75, 3.05) is 0 Å². The maximum Gasteiger partial charge on any atom is 0.240 e. The van der Waals surface area contributed by atoms with Crippen molar-refractivity contribution in [3.05, 3.63) is 0 Å². The van der Waals surface area contributed by atoms with Crippen LogP contribution in [0.3, 0.4) is 0 Å². The third kappa shape index (κ3) is 3.21. The first kappa shape index (κ1) is 12.9. The summed E-state index contributed by atoms with van der Waals surface area (Å²) in [5, 5.41) is 3.20. The number of rotatable bonds is 2. The molecule has 2 saturated carbocycles. The molecule has 2 unspecified atom stereocenters. The van der Waals surface area contributed by atoms with Gasteiger partial charge in [-0.15, -0.1) is 0 Å². The SMILES string of the molecule is CC1CCCC(NC(=O)C2(N)CCCCC2)C1. The van der Waals surface area contributed by atoms with Crippen LogP contribution in [0.4, 0.5) is 0 Å². The summed E-state index contributed by atoms with van der Waals surface area (Å²) >= 11 is 0. The zero-order chi connectivity index (χ0) is 12.3. The average Bonchev–Trinajstić information content (AvgIpc) is 2.30. The predicted octanol–water partition coefficient (Wildman–Crippen LogP) is 2.34. The molecular weight excluding hydrogens is 212 g/mol. The van der Waals surface area contributed by atoms with Gasteiger partial charge in [0.25, 0.3) is 0 Å². The highest BCUT2D eigenvalue weighted by atomic mass is 16.2. The van der Waals surface area contributed by atoms with Crippen molar-refractivity contribution in [2.45, 2.75) is 76.3 Å². The highest BCUT2D eigenvalue weighted by Gasteiger charge is 2.36. The van der Waals surface area contributed by atoms with Crippen molar-refractivity contribution < 1.29 is 4.79 Å². The Kier molecular flexibility index (Phi) is 4.08. The molecule has 3 heteroatoms. The Bertz CT molecular complexity index is 271. The Hall–Kier alpha value is -0.570. The van der Waals surface area contributed by atoms with Gasteiger partial charge < -0.3 is 11.1 Å². The Morgan fingerprint density at radius 2 is 1.88 bits per heavy atom. The van der Waals surface area contributed by atoms with E-state index in [9.17, 15) is 4.79 Å². The molecule has 3 nitrogen and oxygen atoms in total. The summed E-state index contributed by atoms with van der Waals surface area (Å²) in [6.07, 6.45) is 9.96. The van der Waals surface area contributed by atoms with Crippen molar-refractivity contribution >= 4 is 5.91 Å². The Balaban J connectivity index is 1.87. The molecule has 0 aromatic heterocycles. The van der Waals surface area contributed by atoms with Gasteiger partial charge in [-0.2, -0.15) is 0 Å². The van der Waals surface area contributed by atoms with E-state index in [2.05, 4.69) is 12.2 Å². The van der Waals surface area contributed by atoms with E-state index in [0.717, 1.165) is 44.4 Å². The van der Waals surface area contributed by atoms with E-state index < -0.39 is 5.54 Å². The minimum atomic E-state index is -0.571. The number of amides is 1. The normalized spacial score (nSPS) is 33.1. The molecule has 0 aliphatic heterocycles. The lowest BCUT2D eigenvalue weighted by atomic mass is 9.81. The number of hydrogen-bond donors (Lipinski definition) is 2. The fourth-order valence-corrected chi connectivity index (χ4v) is 3.30.